The lowest BCUT2D eigenvalue weighted by atomic mass is 10.1. The predicted molar refractivity (Wildman–Crippen MR) is 79.0 cm³/mol. The van der Waals surface area contributed by atoms with Crippen LogP contribution >= 0.6 is 23.4 Å². The molecule has 0 N–H and O–H groups in total. The molecule has 100 valence electrons. The van der Waals surface area contributed by atoms with Gasteiger partial charge in [0.2, 0.25) is 0 Å². The topological polar surface area (TPSA) is 58.7 Å². The van der Waals surface area contributed by atoms with E-state index in [9.17, 15) is 10.1 Å². The number of nitrogens with zero attached hydrogens (tertiary/aromatic N) is 3. The number of halogens is 1. The van der Waals surface area contributed by atoms with Crippen LogP contribution in [0.15, 0.2) is 34.2 Å². The highest BCUT2D eigenvalue weighted by Crippen LogP contribution is 2.30. The second-order valence-corrected chi connectivity index (χ2v) is 5.84. The lowest BCUT2D eigenvalue weighted by Gasteiger charge is -2.18. The Balaban J connectivity index is 2.32. The van der Waals surface area contributed by atoms with Crippen LogP contribution < -0.4 is 5.56 Å². The molecule has 3 rings (SSSR count). The maximum atomic E-state index is 12.4. The van der Waals surface area contributed by atoms with E-state index in [0.717, 1.165) is 12.2 Å². The number of thioether (sulfide) groups is 1. The number of benzene rings is 1. The minimum Gasteiger partial charge on any atom is -0.286 e. The zero-order valence-corrected chi connectivity index (χ0v) is 12.0. The van der Waals surface area contributed by atoms with E-state index in [1.807, 2.05) is 12.1 Å². The lowest BCUT2D eigenvalue weighted by Crippen LogP contribution is -2.28. The minimum absolute atomic E-state index is 0.0596. The van der Waals surface area contributed by atoms with Crippen molar-refractivity contribution in [2.45, 2.75) is 18.1 Å². The molecule has 0 saturated carbocycles. The van der Waals surface area contributed by atoms with Gasteiger partial charge in [-0.25, -0.2) is 4.98 Å². The van der Waals surface area contributed by atoms with Gasteiger partial charge in [-0.05, 0) is 12.5 Å². The Morgan fingerprint density at radius 1 is 1.40 bits per heavy atom. The molecule has 1 aromatic heterocycles. The van der Waals surface area contributed by atoms with Crippen LogP contribution in [0.25, 0.3) is 11.3 Å². The molecule has 0 amide bonds. The summed E-state index contributed by atoms with van der Waals surface area (Å²) in [5, 5.41) is 10.4. The number of rotatable bonds is 1. The molecular weight excluding hydrogens is 294 g/mol. The van der Waals surface area contributed by atoms with Gasteiger partial charge in [-0.1, -0.05) is 41.6 Å². The molecule has 1 aliphatic rings. The predicted octanol–water partition coefficient (Wildman–Crippen LogP) is 2.93. The number of nitriles is 1. The van der Waals surface area contributed by atoms with Gasteiger partial charge < -0.3 is 0 Å². The number of aromatic nitrogens is 2. The summed E-state index contributed by atoms with van der Waals surface area (Å²) in [6.45, 7) is 0.617. The average molecular weight is 304 g/mol. The van der Waals surface area contributed by atoms with Crippen molar-refractivity contribution >= 4 is 23.4 Å². The standard InChI is InChI=1S/C14H10ClN3OS/c15-11-5-2-1-4-9(11)12-10(8-16)13(19)18-6-3-7-20-14(18)17-12/h1-2,4-5H,3,6-7H2. The summed E-state index contributed by atoms with van der Waals surface area (Å²) < 4.78 is 1.58. The van der Waals surface area contributed by atoms with Crippen LogP contribution in [-0.2, 0) is 6.54 Å². The Kier molecular flexibility index (Phi) is 3.51. The molecule has 2 aromatic rings. The van der Waals surface area contributed by atoms with Gasteiger partial charge >= 0.3 is 0 Å². The van der Waals surface area contributed by atoms with Crippen molar-refractivity contribution in [3.05, 3.63) is 45.2 Å². The van der Waals surface area contributed by atoms with Crippen molar-refractivity contribution in [1.82, 2.24) is 9.55 Å². The van der Waals surface area contributed by atoms with Crippen molar-refractivity contribution in [2.24, 2.45) is 0 Å². The van der Waals surface area contributed by atoms with Crippen molar-refractivity contribution in [3.8, 4) is 17.3 Å². The van der Waals surface area contributed by atoms with Gasteiger partial charge in [-0.3, -0.25) is 9.36 Å². The molecule has 0 bridgehead atoms. The third-order valence-electron chi connectivity index (χ3n) is 3.13. The van der Waals surface area contributed by atoms with Crippen molar-refractivity contribution in [2.75, 3.05) is 5.75 Å². The fourth-order valence-electron chi connectivity index (χ4n) is 2.18. The van der Waals surface area contributed by atoms with E-state index in [1.165, 1.54) is 11.8 Å². The van der Waals surface area contributed by atoms with Crippen LogP contribution in [0.3, 0.4) is 0 Å². The van der Waals surface area contributed by atoms with E-state index in [-0.39, 0.29) is 11.1 Å². The fraction of sp³-hybridized carbons (Fsp3) is 0.214. The van der Waals surface area contributed by atoms with Crippen molar-refractivity contribution in [3.63, 3.8) is 0 Å². The van der Waals surface area contributed by atoms with Crippen LogP contribution in [0.5, 0.6) is 0 Å². The summed E-state index contributed by atoms with van der Waals surface area (Å²) in [5.41, 5.74) is 0.783. The molecule has 1 aromatic carbocycles. The molecule has 6 heteroatoms. The highest BCUT2D eigenvalue weighted by molar-refractivity contribution is 7.99. The first kappa shape index (κ1) is 13.2. The van der Waals surface area contributed by atoms with E-state index in [0.29, 0.717) is 28.0 Å². The van der Waals surface area contributed by atoms with Crippen LogP contribution in [0.2, 0.25) is 5.02 Å². The van der Waals surface area contributed by atoms with Gasteiger partial charge in [0.15, 0.2) is 5.16 Å². The van der Waals surface area contributed by atoms with E-state index in [2.05, 4.69) is 4.98 Å². The third kappa shape index (κ3) is 2.11. The Morgan fingerprint density at radius 3 is 2.95 bits per heavy atom. The number of hydrogen-bond acceptors (Lipinski definition) is 4. The molecule has 20 heavy (non-hydrogen) atoms. The fourth-order valence-corrected chi connectivity index (χ4v) is 3.34. The highest BCUT2D eigenvalue weighted by atomic mass is 35.5. The maximum absolute atomic E-state index is 12.4. The smallest absolute Gasteiger partial charge is 0.272 e. The summed E-state index contributed by atoms with van der Waals surface area (Å²) in [5.74, 6) is 0.931. The molecule has 0 saturated heterocycles. The number of fused-ring (bicyclic) bond motifs is 1. The van der Waals surface area contributed by atoms with E-state index < -0.39 is 0 Å². The van der Waals surface area contributed by atoms with Gasteiger partial charge in [-0.15, -0.1) is 0 Å². The van der Waals surface area contributed by atoms with Crippen LogP contribution in [-0.4, -0.2) is 15.3 Å². The molecule has 0 spiro atoms. The Bertz CT molecular complexity index is 779. The molecule has 0 unspecified atom stereocenters. The van der Waals surface area contributed by atoms with Gasteiger partial charge in [0.05, 0.1) is 10.7 Å². The van der Waals surface area contributed by atoms with E-state index in [1.54, 1.807) is 22.8 Å². The molecule has 4 nitrogen and oxygen atoms in total. The summed E-state index contributed by atoms with van der Waals surface area (Å²) >= 11 is 7.69. The molecule has 1 aliphatic heterocycles. The molecule has 0 aliphatic carbocycles. The highest BCUT2D eigenvalue weighted by Gasteiger charge is 2.21. The Morgan fingerprint density at radius 2 is 2.20 bits per heavy atom. The monoisotopic (exact) mass is 303 g/mol. The van der Waals surface area contributed by atoms with E-state index in [4.69, 9.17) is 11.6 Å². The zero-order chi connectivity index (χ0) is 14.1. The SMILES string of the molecule is N#Cc1c(-c2ccccc2Cl)nc2n(c1=O)CCCS2. The minimum atomic E-state index is -0.278. The third-order valence-corrected chi connectivity index (χ3v) is 4.52. The van der Waals surface area contributed by atoms with Crippen molar-refractivity contribution < 1.29 is 0 Å². The van der Waals surface area contributed by atoms with Crippen LogP contribution in [0.4, 0.5) is 0 Å². The Hall–Kier alpha value is -1.77. The second kappa shape index (κ2) is 5.31. The Labute approximate surface area is 125 Å². The molecular formula is C14H10ClN3OS. The van der Waals surface area contributed by atoms with Gasteiger partial charge in [0.1, 0.15) is 11.6 Å². The van der Waals surface area contributed by atoms with Crippen LogP contribution in [0.1, 0.15) is 12.0 Å². The van der Waals surface area contributed by atoms with Crippen LogP contribution in [0, 0.1) is 11.3 Å². The second-order valence-electron chi connectivity index (χ2n) is 4.37. The van der Waals surface area contributed by atoms with Gasteiger partial charge in [0.25, 0.3) is 5.56 Å². The maximum Gasteiger partial charge on any atom is 0.272 e. The van der Waals surface area contributed by atoms with E-state index >= 15 is 0 Å². The summed E-state index contributed by atoms with van der Waals surface area (Å²) in [6.07, 6.45) is 0.912. The molecule has 0 atom stereocenters. The molecule has 2 heterocycles. The zero-order valence-electron chi connectivity index (χ0n) is 10.5. The normalized spacial score (nSPS) is 13.6. The molecule has 0 fully saturated rings. The first-order chi connectivity index (χ1) is 9.72. The first-order valence-electron chi connectivity index (χ1n) is 6.15. The largest absolute Gasteiger partial charge is 0.286 e. The first-order valence-corrected chi connectivity index (χ1v) is 7.51. The van der Waals surface area contributed by atoms with Gasteiger partial charge in [0, 0.05) is 17.9 Å². The van der Waals surface area contributed by atoms with Gasteiger partial charge in [-0.2, -0.15) is 5.26 Å². The average Bonchev–Trinajstić information content (AvgIpc) is 2.48. The van der Waals surface area contributed by atoms with Crippen molar-refractivity contribution in [1.29, 1.82) is 5.26 Å². The number of hydrogen-bond donors (Lipinski definition) is 0. The lowest BCUT2D eigenvalue weighted by molar-refractivity contribution is 0.562. The summed E-state index contributed by atoms with van der Waals surface area (Å²) in [7, 11) is 0. The quantitative estimate of drug-likeness (QED) is 0.760. The summed E-state index contributed by atoms with van der Waals surface area (Å²) in [4.78, 5) is 16.9. The molecule has 0 radical (unpaired) electrons. The summed E-state index contributed by atoms with van der Waals surface area (Å²) in [6, 6.07) is 9.09.